The van der Waals surface area contributed by atoms with Gasteiger partial charge in [-0.1, -0.05) is 0 Å². The van der Waals surface area contributed by atoms with E-state index < -0.39 is 39.0 Å². The average Bonchev–Trinajstić information content (AvgIpc) is 3.19. The van der Waals surface area contributed by atoms with E-state index in [9.17, 15) is 23.1 Å². The summed E-state index contributed by atoms with van der Waals surface area (Å²) in [7, 11) is -1.96. The average molecular weight is 396 g/mol. The number of aromatic nitrogens is 1. The van der Waals surface area contributed by atoms with Crippen molar-refractivity contribution in [2.75, 3.05) is 14.2 Å². The number of carboxylic acids is 1. The van der Waals surface area contributed by atoms with Gasteiger partial charge in [-0.3, -0.25) is 9.59 Å². The predicted octanol–water partition coefficient (Wildman–Crippen LogP) is 0.873. The van der Waals surface area contributed by atoms with Gasteiger partial charge in [-0.2, -0.15) is 0 Å². The first kappa shape index (κ1) is 20.5. The summed E-state index contributed by atoms with van der Waals surface area (Å²) in [6.07, 6.45) is 0.590. The van der Waals surface area contributed by atoms with E-state index >= 15 is 0 Å². The monoisotopic (exact) mass is 396 g/mol. The van der Waals surface area contributed by atoms with E-state index in [1.807, 2.05) is 0 Å². The number of nitrogens with one attached hydrogen (secondary N) is 1. The molecule has 146 valence electrons. The molecule has 2 unspecified atom stereocenters. The first-order valence-electron chi connectivity index (χ1n) is 7.79. The third-order valence-electron chi connectivity index (χ3n) is 4.22. The lowest BCUT2D eigenvalue weighted by atomic mass is 9.93. The lowest BCUT2D eigenvalue weighted by Gasteiger charge is -2.34. The van der Waals surface area contributed by atoms with Gasteiger partial charge >= 0.3 is 11.9 Å². The molecule has 0 bridgehead atoms. The van der Waals surface area contributed by atoms with Crippen molar-refractivity contribution < 1.29 is 32.6 Å². The Labute approximate surface area is 156 Å². The second-order valence-corrected chi connectivity index (χ2v) is 7.88. The number of methoxy groups -OCH3 is 2. The van der Waals surface area contributed by atoms with E-state index in [1.165, 1.54) is 49.7 Å². The van der Waals surface area contributed by atoms with Crippen LogP contribution in [0.3, 0.4) is 0 Å². The van der Waals surface area contributed by atoms with E-state index in [4.69, 9.17) is 10.5 Å². The molecule has 2 rings (SSSR count). The van der Waals surface area contributed by atoms with Crippen molar-refractivity contribution in [2.45, 2.75) is 16.2 Å². The van der Waals surface area contributed by atoms with Crippen LogP contribution in [-0.4, -0.2) is 44.7 Å². The van der Waals surface area contributed by atoms with E-state index in [0.717, 1.165) is 7.11 Å². The topological polar surface area (TPSA) is 149 Å². The lowest BCUT2D eigenvalue weighted by Crippen LogP contribution is -2.54. The molecule has 0 fully saturated rings. The summed E-state index contributed by atoms with van der Waals surface area (Å²) in [6, 6.07) is 8.26. The van der Waals surface area contributed by atoms with Crippen molar-refractivity contribution in [3.8, 4) is 5.75 Å². The highest BCUT2D eigenvalue weighted by Gasteiger charge is 2.54. The van der Waals surface area contributed by atoms with Crippen LogP contribution in [0.2, 0.25) is 0 Å². The second kappa shape index (κ2) is 7.80. The fourth-order valence-electron chi connectivity index (χ4n) is 2.77. The zero-order chi connectivity index (χ0) is 20.2. The minimum absolute atomic E-state index is 0.0324. The lowest BCUT2D eigenvalue weighted by molar-refractivity contribution is -0.152. The summed E-state index contributed by atoms with van der Waals surface area (Å²) < 4.78 is 36.5. The van der Waals surface area contributed by atoms with Crippen molar-refractivity contribution in [3.05, 3.63) is 48.3 Å². The molecule has 27 heavy (non-hydrogen) atoms. The van der Waals surface area contributed by atoms with Gasteiger partial charge < -0.3 is 25.3 Å². The van der Waals surface area contributed by atoms with Gasteiger partial charge in [-0.05, 0) is 36.4 Å². The number of aromatic amines is 1. The number of hydrogen-bond donors (Lipinski definition) is 3. The third-order valence-corrected chi connectivity index (χ3v) is 6.50. The fraction of sp³-hybridized carbons (Fsp3) is 0.294. The highest BCUT2D eigenvalue weighted by molar-refractivity contribution is 7.92. The molecule has 0 amide bonds. The number of ether oxygens (including phenoxy) is 2. The normalized spacial score (nSPS) is 14.8. The van der Waals surface area contributed by atoms with Crippen molar-refractivity contribution in [1.82, 2.24) is 4.98 Å². The largest absolute Gasteiger partial charge is 0.497 e. The number of aliphatic carboxylic acids is 1. The number of carboxylic acid groups (broad SMARTS) is 1. The molecule has 0 saturated heterocycles. The third kappa shape index (κ3) is 3.67. The number of nitrogens with two attached hydrogens (primary N) is 1. The fourth-order valence-corrected chi connectivity index (χ4v) is 4.62. The van der Waals surface area contributed by atoms with Crippen LogP contribution in [0, 0.1) is 5.92 Å². The minimum Gasteiger partial charge on any atom is -0.497 e. The molecule has 0 aliphatic carbocycles. The molecule has 0 aliphatic rings. The second-order valence-electron chi connectivity index (χ2n) is 5.73. The summed E-state index contributed by atoms with van der Waals surface area (Å²) in [5.41, 5.74) is 6.27. The van der Waals surface area contributed by atoms with Crippen LogP contribution in [0.15, 0.2) is 47.5 Å². The van der Waals surface area contributed by atoms with Crippen molar-refractivity contribution >= 4 is 21.8 Å². The Bertz CT molecular complexity index is 907. The first-order valence-corrected chi connectivity index (χ1v) is 9.27. The van der Waals surface area contributed by atoms with Crippen LogP contribution in [0.1, 0.15) is 12.1 Å². The zero-order valence-corrected chi connectivity index (χ0v) is 15.5. The Kier molecular flexibility index (Phi) is 5.91. The Morgan fingerprint density at radius 3 is 2.30 bits per heavy atom. The maximum atomic E-state index is 13.4. The van der Waals surface area contributed by atoms with Gasteiger partial charge in [0.25, 0.3) is 0 Å². The molecule has 10 heteroatoms. The summed E-state index contributed by atoms with van der Waals surface area (Å²) in [4.78, 5) is 23.7. The van der Waals surface area contributed by atoms with Gasteiger partial charge in [0.1, 0.15) is 11.7 Å². The molecule has 0 saturated carbocycles. The summed E-state index contributed by atoms with van der Waals surface area (Å²) in [5, 5.41) is 9.21. The van der Waals surface area contributed by atoms with Gasteiger partial charge in [0.15, 0.2) is 4.87 Å². The van der Waals surface area contributed by atoms with Crippen LogP contribution in [0.5, 0.6) is 5.75 Å². The molecular formula is C17H20N2O7S. The Morgan fingerprint density at radius 2 is 1.85 bits per heavy atom. The molecule has 4 N–H and O–H groups in total. The van der Waals surface area contributed by atoms with Gasteiger partial charge in [0, 0.05) is 6.20 Å². The molecule has 1 aromatic heterocycles. The van der Waals surface area contributed by atoms with Crippen LogP contribution in [0.25, 0.3) is 0 Å². The summed E-state index contributed by atoms with van der Waals surface area (Å²) in [6.45, 7) is 0. The Hall–Kier alpha value is -2.85. The van der Waals surface area contributed by atoms with E-state index in [0.29, 0.717) is 5.75 Å². The highest BCUT2D eigenvalue weighted by Crippen LogP contribution is 2.39. The van der Waals surface area contributed by atoms with Crippen molar-refractivity contribution in [2.24, 2.45) is 11.7 Å². The summed E-state index contributed by atoms with van der Waals surface area (Å²) >= 11 is 0. The van der Waals surface area contributed by atoms with Crippen molar-refractivity contribution in [3.63, 3.8) is 0 Å². The number of rotatable bonds is 8. The van der Waals surface area contributed by atoms with Crippen LogP contribution < -0.4 is 10.5 Å². The number of carbonyl (C=O) groups is 2. The molecule has 9 nitrogen and oxygen atoms in total. The van der Waals surface area contributed by atoms with Crippen LogP contribution >= 0.6 is 0 Å². The molecule has 0 radical (unpaired) electrons. The van der Waals surface area contributed by atoms with E-state index in [1.54, 1.807) is 0 Å². The number of carbonyl (C=O) groups excluding carboxylic acids is 1. The molecular weight excluding hydrogens is 376 g/mol. The van der Waals surface area contributed by atoms with Crippen molar-refractivity contribution in [1.29, 1.82) is 0 Å². The number of esters is 1. The molecule has 1 aromatic carbocycles. The molecule has 0 spiro atoms. The summed E-state index contributed by atoms with van der Waals surface area (Å²) in [5.74, 6) is -3.71. The highest BCUT2D eigenvalue weighted by atomic mass is 32.2. The number of hydrogen-bond acceptors (Lipinski definition) is 7. The number of H-pyrrole nitrogens is 1. The molecule has 1 heterocycles. The van der Waals surface area contributed by atoms with Gasteiger partial charge in [0.2, 0.25) is 9.84 Å². The van der Waals surface area contributed by atoms with Crippen LogP contribution in [-0.2, 0) is 29.0 Å². The number of benzene rings is 1. The SMILES string of the molecule is COC(=O)C(CC(=O)O)C(N)(c1ccc[nH]1)S(=O)(=O)c1ccc(OC)cc1. The van der Waals surface area contributed by atoms with Crippen LogP contribution in [0.4, 0.5) is 0 Å². The maximum absolute atomic E-state index is 13.4. The predicted molar refractivity (Wildman–Crippen MR) is 94.6 cm³/mol. The quantitative estimate of drug-likeness (QED) is 0.557. The Morgan fingerprint density at radius 1 is 1.22 bits per heavy atom. The number of sulfone groups is 1. The standard InChI is InChI=1S/C17H20N2O7S/c1-25-11-5-7-12(8-6-11)27(23,24)17(18,14-4-3-9-19-14)13(10-15(20)21)16(22)26-2/h3-9,13,19H,10,18H2,1-2H3,(H,20,21). The minimum atomic E-state index is -4.42. The van der Waals surface area contributed by atoms with Gasteiger partial charge in [-0.15, -0.1) is 0 Å². The van der Waals surface area contributed by atoms with E-state index in [2.05, 4.69) is 9.72 Å². The van der Waals surface area contributed by atoms with Gasteiger partial charge in [-0.25, -0.2) is 8.42 Å². The Balaban J connectivity index is 2.71. The zero-order valence-electron chi connectivity index (χ0n) is 14.7. The van der Waals surface area contributed by atoms with E-state index in [-0.39, 0.29) is 10.6 Å². The van der Waals surface area contributed by atoms with Gasteiger partial charge in [0.05, 0.1) is 31.2 Å². The molecule has 0 aliphatic heterocycles. The molecule has 2 atom stereocenters. The molecule has 2 aromatic rings. The maximum Gasteiger partial charge on any atom is 0.312 e. The smallest absolute Gasteiger partial charge is 0.312 e. The first-order chi connectivity index (χ1) is 12.7.